The zero-order valence-corrected chi connectivity index (χ0v) is 14.0. The Kier molecular flexibility index (Phi) is 4.61. The Labute approximate surface area is 126 Å². The Bertz CT molecular complexity index is 434. The first-order valence-electron chi connectivity index (χ1n) is 7.15. The van der Waals surface area contributed by atoms with E-state index in [-0.39, 0.29) is 11.1 Å². The molecule has 0 aromatic carbocycles. The minimum atomic E-state index is 0.232. The molecule has 4 heteroatoms. The lowest BCUT2D eigenvalue weighted by molar-refractivity contribution is 0.0112. The number of hydrogen-bond acceptors (Lipinski definition) is 3. The highest BCUT2D eigenvalue weighted by molar-refractivity contribution is 7.16. The highest BCUT2D eigenvalue weighted by Gasteiger charge is 2.40. The molecule has 1 aliphatic rings. The number of nitrogens with zero attached hydrogens (tertiary/aromatic N) is 1. The molecular formula is C15H25ClN2S. The second-order valence-electron chi connectivity index (χ2n) is 6.18. The summed E-state index contributed by atoms with van der Waals surface area (Å²) in [4.78, 5) is 4.00. The number of thiophene rings is 1. The van der Waals surface area contributed by atoms with Crippen molar-refractivity contribution in [2.75, 3.05) is 13.1 Å². The van der Waals surface area contributed by atoms with Crippen LogP contribution in [0.15, 0.2) is 12.1 Å². The van der Waals surface area contributed by atoms with Crippen molar-refractivity contribution in [1.29, 1.82) is 0 Å². The highest BCUT2D eigenvalue weighted by Crippen LogP contribution is 2.32. The number of nitrogens with one attached hydrogen (secondary N) is 1. The van der Waals surface area contributed by atoms with Crippen LogP contribution < -0.4 is 5.32 Å². The van der Waals surface area contributed by atoms with Gasteiger partial charge in [-0.15, -0.1) is 11.3 Å². The average molecular weight is 301 g/mol. The molecule has 2 atom stereocenters. The van der Waals surface area contributed by atoms with Crippen molar-refractivity contribution >= 4 is 22.9 Å². The van der Waals surface area contributed by atoms with Crippen LogP contribution in [-0.4, -0.2) is 29.1 Å². The second-order valence-corrected chi connectivity index (χ2v) is 7.98. The van der Waals surface area contributed by atoms with Crippen molar-refractivity contribution < 1.29 is 0 Å². The van der Waals surface area contributed by atoms with E-state index in [1.807, 2.05) is 6.07 Å². The molecule has 1 aliphatic heterocycles. The van der Waals surface area contributed by atoms with Crippen molar-refractivity contribution in [1.82, 2.24) is 10.2 Å². The Morgan fingerprint density at radius 2 is 2.05 bits per heavy atom. The number of piperazine rings is 1. The van der Waals surface area contributed by atoms with Crippen LogP contribution in [0.2, 0.25) is 4.34 Å². The number of rotatable bonds is 4. The minimum Gasteiger partial charge on any atom is -0.308 e. The van der Waals surface area contributed by atoms with Gasteiger partial charge < -0.3 is 5.32 Å². The van der Waals surface area contributed by atoms with Crippen LogP contribution in [0.5, 0.6) is 0 Å². The summed E-state index contributed by atoms with van der Waals surface area (Å²) in [6, 6.07) is 4.17. The van der Waals surface area contributed by atoms with Crippen LogP contribution in [0, 0.1) is 0 Å². The summed E-state index contributed by atoms with van der Waals surface area (Å²) in [5.74, 6) is 0. The average Bonchev–Trinajstić information content (AvgIpc) is 2.80. The maximum absolute atomic E-state index is 6.05. The van der Waals surface area contributed by atoms with Crippen LogP contribution in [0.25, 0.3) is 0 Å². The number of hydrogen-bond donors (Lipinski definition) is 1. The van der Waals surface area contributed by atoms with Crippen LogP contribution in [0.1, 0.15) is 45.4 Å². The first-order valence-corrected chi connectivity index (χ1v) is 8.34. The fourth-order valence-corrected chi connectivity index (χ4v) is 3.74. The van der Waals surface area contributed by atoms with Crippen molar-refractivity contribution in [3.63, 3.8) is 0 Å². The van der Waals surface area contributed by atoms with Crippen LogP contribution in [-0.2, 0) is 6.54 Å². The molecule has 0 aliphatic carbocycles. The Morgan fingerprint density at radius 1 is 1.32 bits per heavy atom. The zero-order chi connectivity index (χ0) is 14.1. The first kappa shape index (κ1) is 15.3. The SMILES string of the molecule is CCC1(C)CN(Cc2ccc(Cl)s2)C(C)(CC)CN1. The smallest absolute Gasteiger partial charge is 0.0931 e. The second kappa shape index (κ2) is 5.72. The molecule has 19 heavy (non-hydrogen) atoms. The molecule has 1 aromatic heterocycles. The van der Waals surface area contributed by atoms with E-state index in [0.717, 1.165) is 30.4 Å². The molecule has 0 spiro atoms. The Hall–Kier alpha value is -0.0900. The van der Waals surface area contributed by atoms with E-state index in [4.69, 9.17) is 11.6 Å². The van der Waals surface area contributed by atoms with E-state index in [1.54, 1.807) is 11.3 Å². The van der Waals surface area contributed by atoms with Crippen LogP contribution in [0.3, 0.4) is 0 Å². The molecule has 0 bridgehead atoms. The minimum absolute atomic E-state index is 0.232. The molecule has 1 fully saturated rings. The maximum atomic E-state index is 6.05. The lowest BCUT2D eigenvalue weighted by atomic mass is 9.85. The van der Waals surface area contributed by atoms with E-state index < -0.39 is 0 Å². The summed E-state index contributed by atoms with van der Waals surface area (Å²) in [7, 11) is 0. The summed E-state index contributed by atoms with van der Waals surface area (Å²) < 4.78 is 0.890. The van der Waals surface area contributed by atoms with Gasteiger partial charge in [0.2, 0.25) is 0 Å². The summed E-state index contributed by atoms with van der Waals surface area (Å²) in [6.45, 7) is 12.4. The monoisotopic (exact) mass is 300 g/mol. The third kappa shape index (κ3) is 3.33. The molecule has 108 valence electrons. The van der Waals surface area contributed by atoms with E-state index >= 15 is 0 Å². The predicted octanol–water partition coefficient (Wildman–Crippen LogP) is 4.14. The topological polar surface area (TPSA) is 15.3 Å². The van der Waals surface area contributed by atoms with Gasteiger partial charge in [-0.2, -0.15) is 0 Å². The standard InChI is InChI=1S/C15H25ClN2S/c1-5-14(3)11-18(15(4,6-2)10-17-14)9-12-7-8-13(16)19-12/h7-8,17H,5-6,9-11H2,1-4H3. The fourth-order valence-electron chi connectivity index (χ4n) is 2.64. The third-order valence-electron chi connectivity index (χ3n) is 4.72. The molecule has 2 nitrogen and oxygen atoms in total. The molecule has 2 heterocycles. The van der Waals surface area contributed by atoms with Crippen molar-refractivity contribution in [3.05, 3.63) is 21.3 Å². The zero-order valence-electron chi connectivity index (χ0n) is 12.4. The Balaban J connectivity index is 2.16. The van der Waals surface area contributed by atoms with Gasteiger partial charge in [0.15, 0.2) is 0 Å². The van der Waals surface area contributed by atoms with Crippen molar-refractivity contribution in [2.45, 2.75) is 58.2 Å². The molecule has 2 unspecified atom stereocenters. The molecule has 2 rings (SSSR count). The molecule has 1 aromatic rings. The maximum Gasteiger partial charge on any atom is 0.0931 e. The van der Waals surface area contributed by atoms with Crippen LogP contribution in [0.4, 0.5) is 0 Å². The quantitative estimate of drug-likeness (QED) is 0.899. The molecule has 0 saturated carbocycles. The van der Waals surface area contributed by atoms with Crippen LogP contribution >= 0.6 is 22.9 Å². The summed E-state index contributed by atoms with van der Waals surface area (Å²) in [5, 5.41) is 3.74. The van der Waals surface area contributed by atoms with Gasteiger partial charge in [0, 0.05) is 35.6 Å². The van der Waals surface area contributed by atoms with Gasteiger partial charge in [-0.1, -0.05) is 25.4 Å². The fraction of sp³-hybridized carbons (Fsp3) is 0.733. The van der Waals surface area contributed by atoms with Gasteiger partial charge in [0.1, 0.15) is 0 Å². The normalized spacial score (nSPS) is 32.7. The van der Waals surface area contributed by atoms with E-state index in [0.29, 0.717) is 0 Å². The van der Waals surface area contributed by atoms with Gasteiger partial charge in [-0.05, 0) is 38.8 Å². The molecule has 1 N–H and O–H groups in total. The van der Waals surface area contributed by atoms with E-state index in [9.17, 15) is 0 Å². The van der Waals surface area contributed by atoms with Gasteiger partial charge in [0.25, 0.3) is 0 Å². The van der Waals surface area contributed by atoms with Gasteiger partial charge in [0.05, 0.1) is 4.34 Å². The molecule has 0 radical (unpaired) electrons. The largest absolute Gasteiger partial charge is 0.308 e. The Morgan fingerprint density at radius 3 is 2.58 bits per heavy atom. The van der Waals surface area contributed by atoms with E-state index in [2.05, 4.69) is 44.0 Å². The van der Waals surface area contributed by atoms with Gasteiger partial charge >= 0.3 is 0 Å². The number of halogens is 1. The van der Waals surface area contributed by atoms with Gasteiger partial charge in [-0.25, -0.2) is 0 Å². The van der Waals surface area contributed by atoms with E-state index in [1.165, 1.54) is 11.3 Å². The predicted molar refractivity (Wildman–Crippen MR) is 85.1 cm³/mol. The lowest BCUT2D eigenvalue weighted by Crippen LogP contribution is -2.67. The molecule has 1 saturated heterocycles. The highest BCUT2D eigenvalue weighted by atomic mass is 35.5. The third-order valence-corrected chi connectivity index (χ3v) is 5.93. The van der Waals surface area contributed by atoms with Gasteiger partial charge in [-0.3, -0.25) is 4.90 Å². The summed E-state index contributed by atoms with van der Waals surface area (Å²) in [5.41, 5.74) is 0.473. The van der Waals surface area contributed by atoms with Crippen molar-refractivity contribution in [2.24, 2.45) is 0 Å². The lowest BCUT2D eigenvalue weighted by Gasteiger charge is -2.52. The molecular weight excluding hydrogens is 276 g/mol. The van der Waals surface area contributed by atoms with Crippen molar-refractivity contribution in [3.8, 4) is 0 Å². The summed E-state index contributed by atoms with van der Waals surface area (Å²) >= 11 is 7.76. The summed E-state index contributed by atoms with van der Waals surface area (Å²) in [6.07, 6.45) is 2.33. The molecule has 0 amide bonds. The first-order chi connectivity index (χ1) is 8.91.